The first-order chi connectivity index (χ1) is 8.33. The lowest BCUT2D eigenvalue weighted by Gasteiger charge is -2.21. The number of hydrogen-bond donors (Lipinski definition) is 2. The zero-order valence-corrected chi connectivity index (χ0v) is 11.4. The Morgan fingerprint density at radius 1 is 1.61 bits per heavy atom. The molecule has 0 radical (unpaired) electrons. The lowest BCUT2D eigenvalue weighted by Crippen LogP contribution is -2.36. The summed E-state index contributed by atoms with van der Waals surface area (Å²) in [5.41, 5.74) is 6.22. The van der Waals surface area contributed by atoms with Crippen molar-refractivity contribution in [1.29, 1.82) is 0 Å². The van der Waals surface area contributed by atoms with E-state index < -0.39 is 11.7 Å². The molecule has 1 heterocycles. The van der Waals surface area contributed by atoms with Crippen LogP contribution in [0.25, 0.3) is 0 Å². The van der Waals surface area contributed by atoms with E-state index >= 15 is 0 Å². The molecule has 0 spiro atoms. The third-order valence-corrected chi connectivity index (χ3v) is 2.45. The van der Waals surface area contributed by atoms with E-state index in [2.05, 4.69) is 10.4 Å². The first kappa shape index (κ1) is 14.5. The summed E-state index contributed by atoms with van der Waals surface area (Å²) < 4.78 is 6.93. The van der Waals surface area contributed by atoms with Crippen molar-refractivity contribution in [2.45, 2.75) is 32.3 Å². The fourth-order valence-corrected chi connectivity index (χ4v) is 1.61. The number of nitrogens with two attached hydrogens (primary N) is 1. The van der Waals surface area contributed by atoms with Crippen LogP contribution in [-0.4, -0.2) is 34.6 Å². The second kappa shape index (κ2) is 5.86. The normalized spacial score (nSPS) is 13.2. The number of nitrogens with zero attached hydrogens (tertiary/aromatic N) is 2. The molecule has 0 fully saturated rings. The van der Waals surface area contributed by atoms with Gasteiger partial charge in [-0.1, -0.05) is 0 Å². The fraction of sp³-hybridized carbons (Fsp3) is 0.667. The lowest BCUT2D eigenvalue weighted by atomic mass is 10.1. The van der Waals surface area contributed by atoms with E-state index in [9.17, 15) is 4.79 Å². The topological polar surface area (TPSA) is 82.2 Å². The molecule has 6 nitrogen and oxygen atoms in total. The van der Waals surface area contributed by atoms with Gasteiger partial charge in [0, 0.05) is 37.9 Å². The maximum atomic E-state index is 11.5. The van der Waals surface area contributed by atoms with Crippen molar-refractivity contribution in [3.8, 4) is 0 Å². The summed E-state index contributed by atoms with van der Waals surface area (Å²) >= 11 is 0. The van der Waals surface area contributed by atoms with E-state index in [4.69, 9.17) is 10.5 Å². The highest BCUT2D eigenvalue weighted by molar-refractivity contribution is 5.67. The van der Waals surface area contributed by atoms with E-state index in [-0.39, 0.29) is 5.92 Å². The van der Waals surface area contributed by atoms with Gasteiger partial charge in [-0.25, -0.2) is 4.79 Å². The van der Waals surface area contributed by atoms with Gasteiger partial charge in [-0.3, -0.25) is 4.68 Å². The summed E-state index contributed by atoms with van der Waals surface area (Å²) in [5.74, 6) is 0.0324. The Bertz CT molecular complexity index is 395. The predicted molar refractivity (Wildman–Crippen MR) is 69.2 cm³/mol. The number of rotatable bonds is 4. The molecule has 0 aliphatic carbocycles. The van der Waals surface area contributed by atoms with E-state index in [0.717, 1.165) is 5.69 Å². The molecule has 0 aromatic carbocycles. The number of aromatic nitrogens is 2. The third kappa shape index (κ3) is 4.37. The Morgan fingerprint density at radius 2 is 2.28 bits per heavy atom. The number of amides is 1. The summed E-state index contributed by atoms with van der Waals surface area (Å²) in [4.78, 5) is 11.5. The molecule has 1 amide bonds. The van der Waals surface area contributed by atoms with Crippen LogP contribution in [0.2, 0.25) is 0 Å². The van der Waals surface area contributed by atoms with Gasteiger partial charge in [0.25, 0.3) is 0 Å². The molecule has 1 aromatic heterocycles. The first-order valence-electron chi connectivity index (χ1n) is 5.98. The number of aryl methyl sites for hydroxylation is 1. The molecule has 6 heteroatoms. The van der Waals surface area contributed by atoms with Crippen LogP contribution < -0.4 is 11.1 Å². The summed E-state index contributed by atoms with van der Waals surface area (Å²) in [6.07, 6.45) is 1.29. The highest BCUT2D eigenvalue weighted by Gasteiger charge is 2.18. The van der Waals surface area contributed by atoms with Crippen molar-refractivity contribution >= 4 is 6.09 Å². The average molecular weight is 254 g/mol. The third-order valence-electron chi connectivity index (χ3n) is 2.45. The van der Waals surface area contributed by atoms with Gasteiger partial charge in [0.1, 0.15) is 5.60 Å². The van der Waals surface area contributed by atoms with Crippen LogP contribution >= 0.6 is 0 Å². The SMILES string of the molecule is Cn1nccc1C(CN)CNC(=O)OC(C)(C)C. The van der Waals surface area contributed by atoms with Crippen molar-refractivity contribution in [3.63, 3.8) is 0 Å². The standard InChI is InChI=1S/C12H22N4O2/c1-12(2,3)18-11(17)14-8-9(7-13)10-5-6-15-16(10)4/h5-6,9H,7-8,13H2,1-4H3,(H,14,17). The van der Waals surface area contributed by atoms with Crippen LogP contribution in [0.3, 0.4) is 0 Å². The molecule has 0 aliphatic heterocycles. The Labute approximate surface area is 107 Å². The molecule has 102 valence electrons. The van der Waals surface area contributed by atoms with Crippen LogP contribution in [-0.2, 0) is 11.8 Å². The van der Waals surface area contributed by atoms with Gasteiger partial charge in [-0.15, -0.1) is 0 Å². The average Bonchev–Trinajstić information content (AvgIpc) is 2.63. The van der Waals surface area contributed by atoms with Crippen LogP contribution in [0.4, 0.5) is 4.79 Å². The van der Waals surface area contributed by atoms with E-state index in [1.54, 1.807) is 10.9 Å². The van der Waals surface area contributed by atoms with E-state index in [0.29, 0.717) is 13.1 Å². The maximum absolute atomic E-state index is 11.5. The predicted octanol–water partition coefficient (Wildman–Crippen LogP) is 0.987. The lowest BCUT2D eigenvalue weighted by molar-refractivity contribution is 0.0524. The van der Waals surface area contributed by atoms with Gasteiger partial charge in [0.15, 0.2) is 0 Å². The number of nitrogens with one attached hydrogen (secondary N) is 1. The highest BCUT2D eigenvalue weighted by Crippen LogP contribution is 2.12. The molecule has 1 rings (SSSR count). The molecule has 0 saturated carbocycles. The maximum Gasteiger partial charge on any atom is 0.407 e. The Kier molecular flexibility index (Phi) is 4.72. The number of ether oxygens (including phenoxy) is 1. The molecule has 0 aliphatic rings. The van der Waals surface area contributed by atoms with E-state index in [1.807, 2.05) is 33.9 Å². The van der Waals surface area contributed by atoms with Crippen molar-refractivity contribution in [1.82, 2.24) is 15.1 Å². The van der Waals surface area contributed by atoms with Gasteiger partial charge in [0.2, 0.25) is 0 Å². The van der Waals surface area contributed by atoms with Gasteiger partial charge in [-0.2, -0.15) is 5.10 Å². The molecular formula is C12H22N4O2. The number of hydrogen-bond acceptors (Lipinski definition) is 4. The molecule has 1 atom stereocenters. The minimum absolute atomic E-state index is 0.0324. The van der Waals surface area contributed by atoms with Gasteiger partial charge in [0.05, 0.1) is 0 Å². The first-order valence-corrected chi connectivity index (χ1v) is 5.98. The minimum Gasteiger partial charge on any atom is -0.444 e. The second-order valence-corrected chi connectivity index (χ2v) is 5.20. The van der Waals surface area contributed by atoms with Gasteiger partial charge in [-0.05, 0) is 26.8 Å². The summed E-state index contributed by atoms with van der Waals surface area (Å²) in [7, 11) is 1.85. The Balaban J connectivity index is 2.51. The van der Waals surface area contributed by atoms with Crippen molar-refractivity contribution in [2.75, 3.05) is 13.1 Å². The minimum atomic E-state index is -0.491. The molecule has 18 heavy (non-hydrogen) atoms. The Morgan fingerprint density at radius 3 is 2.72 bits per heavy atom. The monoisotopic (exact) mass is 254 g/mol. The highest BCUT2D eigenvalue weighted by atomic mass is 16.6. The van der Waals surface area contributed by atoms with Crippen molar-refractivity contribution < 1.29 is 9.53 Å². The van der Waals surface area contributed by atoms with E-state index in [1.165, 1.54) is 0 Å². The fourth-order valence-electron chi connectivity index (χ4n) is 1.61. The smallest absolute Gasteiger partial charge is 0.407 e. The van der Waals surface area contributed by atoms with Crippen molar-refractivity contribution in [2.24, 2.45) is 12.8 Å². The van der Waals surface area contributed by atoms with Crippen LogP contribution in [0, 0.1) is 0 Å². The largest absolute Gasteiger partial charge is 0.444 e. The summed E-state index contributed by atoms with van der Waals surface area (Å²) in [6.45, 7) is 6.36. The molecular weight excluding hydrogens is 232 g/mol. The van der Waals surface area contributed by atoms with Crippen molar-refractivity contribution in [3.05, 3.63) is 18.0 Å². The zero-order valence-electron chi connectivity index (χ0n) is 11.4. The quantitative estimate of drug-likeness (QED) is 0.839. The second-order valence-electron chi connectivity index (χ2n) is 5.20. The van der Waals surface area contributed by atoms with Crippen LogP contribution in [0.15, 0.2) is 12.3 Å². The van der Waals surface area contributed by atoms with Gasteiger partial charge < -0.3 is 15.8 Å². The molecule has 0 bridgehead atoms. The summed E-state index contributed by atoms with van der Waals surface area (Å²) in [5, 5.41) is 6.81. The molecule has 1 aromatic rings. The number of alkyl carbamates (subject to hydrolysis) is 1. The van der Waals surface area contributed by atoms with Crippen LogP contribution in [0.1, 0.15) is 32.4 Å². The number of carbonyl (C=O) groups excluding carboxylic acids is 1. The molecule has 0 saturated heterocycles. The number of carbonyl (C=O) groups is 1. The summed E-state index contributed by atoms with van der Waals surface area (Å²) in [6, 6.07) is 1.90. The zero-order chi connectivity index (χ0) is 13.8. The van der Waals surface area contributed by atoms with Gasteiger partial charge >= 0.3 is 6.09 Å². The molecule has 1 unspecified atom stereocenters. The Hall–Kier alpha value is -1.56. The van der Waals surface area contributed by atoms with Crippen LogP contribution in [0.5, 0.6) is 0 Å². The molecule has 3 N–H and O–H groups in total.